The summed E-state index contributed by atoms with van der Waals surface area (Å²) in [7, 11) is -2.93. The third-order valence-electron chi connectivity index (χ3n) is 4.02. The molecule has 0 saturated carbocycles. The quantitative estimate of drug-likeness (QED) is 0.818. The number of halogens is 1. The van der Waals surface area contributed by atoms with Gasteiger partial charge in [-0.2, -0.15) is 0 Å². The van der Waals surface area contributed by atoms with E-state index in [4.69, 9.17) is 0 Å². The second kappa shape index (κ2) is 7.61. The number of sulfone groups is 1. The first-order valence-electron chi connectivity index (χ1n) is 7.25. The van der Waals surface area contributed by atoms with E-state index in [2.05, 4.69) is 5.32 Å². The fraction of sp³-hybridized carbons (Fsp3) is 0.923. The molecule has 2 unspecified atom stereocenters. The summed E-state index contributed by atoms with van der Waals surface area (Å²) in [5, 5.41) is 3.33. The monoisotopic (exact) mass is 324 g/mol. The van der Waals surface area contributed by atoms with Gasteiger partial charge in [0, 0.05) is 25.0 Å². The molecule has 0 aromatic heterocycles. The first kappa shape index (κ1) is 17.7. The number of rotatable bonds is 5. The standard InChI is InChI=1S/C13H24N2O3S.ClH/c1-2-7-15(12-5-8-19(17,18)10-12)13(16)9-11-4-3-6-14-11;/h11-12,14H,2-10H2,1H3;1H. The van der Waals surface area contributed by atoms with Gasteiger partial charge in [0.15, 0.2) is 9.84 Å². The van der Waals surface area contributed by atoms with E-state index in [0.29, 0.717) is 19.4 Å². The van der Waals surface area contributed by atoms with Crippen molar-refractivity contribution in [2.45, 2.75) is 51.1 Å². The van der Waals surface area contributed by atoms with Crippen molar-refractivity contribution in [3.05, 3.63) is 0 Å². The summed E-state index contributed by atoms with van der Waals surface area (Å²) >= 11 is 0. The summed E-state index contributed by atoms with van der Waals surface area (Å²) in [4.78, 5) is 14.2. The molecule has 20 heavy (non-hydrogen) atoms. The molecule has 2 aliphatic heterocycles. The minimum Gasteiger partial charge on any atom is -0.339 e. The molecular formula is C13H25ClN2O3S. The zero-order valence-electron chi connectivity index (χ0n) is 12.0. The Bertz CT molecular complexity index is 421. The van der Waals surface area contributed by atoms with Gasteiger partial charge < -0.3 is 10.2 Å². The Morgan fingerprint density at radius 2 is 2.10 bits per heavy atom. The zero-order valence-corrected chi connectivity index (χ0v) is 13.6. The van der Waals surface area contributed by atoms with Crippen molar-refractivity contribution in [3.63, 3.8) is 0 Å². The van der Waals surface area contributed by atoms with Gasteiger partial charge in [0.05, 0.1) is 11.5 Å². The number of carbonyl (C=O) groups excluding carboxylic acids is 1. The van der Waals surface area contributed by atoms with Crippen LogP contribution in [0.5, 0.6) is 0 Å². The molecule has 0 spiro atoms. The summed E-state index contributed by atoms with van der Waals surface area (Å²) in [5.74, 6) is 0.493. The number of nitrogens with zero attached hydrogens (tertiary/aromatic N) is 1. The van der Waals surface area contributed by atoms with Crippen LogP contribution in [-0.4, -0.2) is 55.9 Å². The highest BCUT2D eigenvalue weighted by Gasteiger charge is 2.34. The van der Waals surface area contributed by atoms with Gasteiger partial charge in [-0.05, 0) is 32.2 Å². The van der Waals surface area contributed by atoms with Crippen molar-refractivity contribution in [1.82, 2.24) is 10.2 Å². The molecule has 0 radical (unpaired) electrons. The van der Waals surface area contributed by atoms with Crippen LogP contribution in [0, 0.1) is 0 Å². The van der Waals surface area contributed by atoms with Gasteiger partial charge in [0.1, 0.15) is 0 Å². The van der Waals surface area contributed by atoms with E-state index in [1.165, 1.54) is 0 Å². The molecule has 2 heterocycles. The van der Waals surface area contributed by atoms with Crippen LogP contribution in [0.3, 0.4) is 0 Å². The minimum atomic E-state index is -2.93. The van der Waals surface area contributed by atoms with E-state index in [0.717, 1.165) is 25.8 Å². The number of hydrogen-bond acceptors (Lipinski definition) is 4. The van der Waals surface area contributed by atoms with E-state index < -0.39 is 9.84 Å². The Labute approximate surface area is 127 Å². The van der Waals surface area contributed by atoms with Crippen LogP contribution in [-0.2, 0) is 14.6 Å². The summed E-state index contributed by atoms with van der Waals surface area (Å²) in [6, 6.07) is 0.184. The Hall–Kier alpha value is -0.330. The fourth-order valence-electron chi connectivity index (χ4n) is 3.03. The van der Waals surface area contributed by atoms with Gasteiger partial charge >= 0.3 is 0 Å². The molecule has 0 aliphatic carbocycles. The first-order chi connectivity index (χ1) is 9.02. The van der Waals surface area contributed by atoms with Crippen LogP contribution < -0.4 is 5.32 Å². The summed E-state index contributed by atoms with van der Waals surface area (Å²) in [5.41, 5.74) is 0. The van der Waals surface area contributed by atoms with Gasteiger partial charge in [-0.15, -0.1) is 12.4 Å². The van der Waals surface area contributed by atoms with Crippen molar-refractivity contribution in [2.75, 3.05) is 24.6 Å². The number of carbonyl (C=O) groups is 1. The average molecular weight is 325 g/mol. The molecule has 2 fully saturated rings. The molecular weight excluding hydrogens is 300 g/mol. The maximum Gasteiger partial charge on any atom is 0.224 e. The van der Waals surface area contributed by atoms with E-state index in [1.54, 1.807) is 0 Å². The van der Waals surface area contributed by atoms with Crippen LogP contribution in [0.25, 0.3) is 0 Å². The van der Waals surface area contributed by atoms with Crippen molar-refractivity contribution < 1.29 is 13.2 Å². The van der Waals surface area contributed by atoms with Crippen molar-refractivity contribution in [1.29, 1.82) is 0 Å². The van der Waals surface area contributed by atoms with Crippen LogP contribution in [0.2, 0.25) is 0 Å². The smallest absolute Gasteiger partial charge is 0.224 e. The van der Waals surface area contributed by atoms with E-state index >= 15 is 0 Å². The van der Waals surface area contributed by atoms with Gasteiger partial charge in [-0.3, -0.25) is 4.79 Å². The van der Waals surface area contributed by atoms with Crippen LogP contribution >= 0.6 is 12.4 Å². The predicted molar refractivity (Wildman–Crippen MR) is 82.0 cm³/mol. The largest absolute Gasteiger partial charge is 0.339 e. The minimum absolute atomic E-state index is 0. The molecule has 7 heteroatoms. The summed E-state index contributed by atoms with van der Waals surface area (Å²) in [6.07, 6.45) is 4.17. The maximum absolute atomic E-state index is 12.4. The number of hydrogen-bond donors (Lipinski definition) is 1. The van der Waals surface area contributed by atoms with Crippen LogP contribution in [0.4, 0.5) is 0 Å². The lowest BCUT2D eigenvalue weighted by Crippen LogP contribution is -2.43. The molecule has 1 amide bonds. The number of nitrogens with one attached hydrogen (secondary N) is 1. The SMILES string of the molecule is CCCN(C(=O)CC1CCCN1)C1CCS(=O)(=O)C1.Cl. The van der Waals surface area contributed by atoms with E-state index in [-0.39, 0.29) is 41.9 Å². The molecule has 0 bridgehead atoms. The highest BCUT2D eigenvalue weighted by atomic mass is 35.5. The molecule has 0 aromatic rings. The predicted octanol–water partition coefficient (Wildman–Crippen LogP) is 0.976. The van der Waals surface area contributed by atoms with Crippen LogP contribution in [0.1, 0.15) is 39.0 Å². The van der Waals surface area contributed by atoms with Crippen LogP contribution in [0.15, 0.2) is 0 Å². The third kappa shape index (κ3) is 4.60. The maximum atomic E-state index is 12.4. The molecule has 5 nitrogen and oxygen atoms in total. The van der Waals surface area contributed by atoms with Crippen molar-refractivity contribution in [3.8, 4) is 0 Å². The lowest BCUT2D eigenvalue weighted by Gasteiger charge is -2.29. The van der Waals surface area contributed by atoms with Gasteiger partial charge in [-0.1, -0.05) is 6.92 Å². The van der Waals surface area contributed by atoms with E-state index in [1.807, 2.05) is 11.8 Å². The average Bonchev–Trinajstić information content (AvgIpc) is 2.95. The van der Waals surface area contributed by atoms with Crippen molar-refractivity contribution in [2.24, 2.45) is 0 Å². The molecule has 2 saturated heterocycles. The lowest BCUT2D eigenvalue weighted by atomic mass is 10.1. The lowest BCUT2D eigenvalue weighted by molar-refractivity contribution is -0.133. The molecule has 1 N–H and O–H groups in total. The highest BCUT2D eigenvalue weighted by molar-refractivity contribution is 7.91. The number of amides is 1. The zero-order chi connectivity index (χ0) is 13.9. The Morgan fingerprint density at radius 3 is 2.60 bits per heavy atom. The van der Waals surface area contributed by atoms with Gasteiger partial charge in [0.25, 0.3) is 0 Å². The Balaban J connectivity index is 0.00000200. The van der Waals surface area contributed by atoms with Crippen molar-refractivity contribution >= 4 is 28.2 Å². The third-order valence-corrected chi connectivity index (χ3v) is 5.77. The molecule has 2 aliphatic rings. The Morgan fingerprint density at radius 1 is 1.35 bits per heavy atom. The Kier molecular flexibility index (Phi) is 6.75. The molecule has 2 rings (SSSR count). The molecule has 2 atom stereocenters. The first-order valence-corrected chi connectivity index (χ1v) is 9.07. The molecule has 118 valence electrons. The summed E-state index contributed by atoms with van der Waals surface area (Å²) in [6.45, 7) is 3.69. The highest BCUT2D eigenvalue weighted by Crippen LogP contribution is 2.20. The normalized spacial score (nSPS) is 28.1. The van der Waals surface area contributed by atoms with E-state index in [9.17, 15) is 13.2 Å². The second-order valence-corrected chi connectivity index (χ2v) is 7.87. The van der Waals surface area contributed by atoms with Gasteiger partial charge in [-0.25, -0.2) is 8.42 Å². The molecule has 0 aromatic carbocycles. The topological polar surface area (TPSA) is 66.5 Å². The summed E-state index contributed by atoms with van der Waals surface area (Å²) < 4.78 is 23.1. The fourth-order valence-corrected chi connectivity index (χ4v) is 4.76. The second-order valence-electron chi connectivity index (χ2n) is 5.64. The van der Waals surface area contributed by atoms with Gasteiger partial charge in [0.2, 0.25) is 5.91 Å².